The number of nitrogen functional groups attached to an aromatic ring is 1. The molecule has 2 atom stereocenters. The predicted octanol–water partition coefficient (Wildman–Crippen LogP) is 2.84. The summed E-state index contributed by atoms with van der Waals surface area (Å²) < 4.78 is 0. The van der Waals surface area contributed by atoms with E-state index in [1.54, 1.807) is 24.5 Å². The van der Waals surface area contributed by atoms with Crippen molar-refractivity contribution in [3.05, 3.63) is 40.4 Å². The zero-order valence-corrected chi connectivity index (χ0v) is 22.4. The Morgan fingerprint density at radius 1 is 1.19 bits per heavy atom. The number of hydrogen-bond donors (Lipinski definition) is 1. The second-order valence-corrected chi connectivity index (χ2v) is 10.4. The maximum Gasteiger partial charge on any atom is 0.257 e. The average Bonchev–Trinajstić information content (AvgIpc) is 3.44. The third-order valence-corrected chi connectivity index (χ3v) is 7.87. The molecule has 5 rings (SSSR count). The van der Waals surface area contributed by atoms with E-state index >= 15 is 0 Å². The molecule has 11 heteroatoms. The second kappa shape index (κ2) is 10.7. The van der Waals surface area contributed by atoms with E-state index in [0.29, 0.717) is 54.3 Å². The smallest absolute Gasteiger partial charge is 0.257 e. The van der Waals surface area contributed by atoms with Gasteiger partial charge in [0.25, 0.3) is 5.91 Å². The number of rotatable bonds is 5. The van der Waals surface area contributed by atoms with Crippen LogP contribution in [0.5, 0.6) is 0 Å². The van der Waals surface area contributed by atoms with Gasteiger partial charge in [-0.1, -0.05) is 18.5 Å². The molecule has 2 N–H and O–H groups in total. The van der Waals surface area contributed by atoms with Crippen LogP contribution in [0.15, 0.2) is 28.3 Å². The largest absolute Gasteiger partial charge is 0.383 e. The van der Waals surface area contributed by atoms with E-state index in [1.165, 1.54) is 0 Å². The minimum atomic E-state index is -0.0721. The number of amides is 1. The predicted molar refractivity (Wildman–Crippen MR) is 147 cm³/mol. The Hall–Kier alpha value is -3.11. The molecule has 5 heterocycles. The van der Waals surface area contributed by atoms with Gasteiger partial charge in [0.05, 0.1) is 24.0 Å². The van der Waals surface area contributed by atoms with Gasteiger partial charge >= 0.3 is 0 Å². The summed E-state index contributed by atoms with van der Waals surface area (Å²) in [5.74, 6) is 1.71. The van der Waals surface area contributed by atoms with Gasteiger partial charge in [0.2, 0.25) is 0 Å². The highest BCUT2D eigenvalue weighted by Crippen LogP contribution is 2.30. The molecule has 0 saturated carbocycles. The van der Waals surface area contributed by atoms with Crippen molar-refractivity contribution >= 4 is 41.2 Å². The van der Waals surface area contributed by atoms with Crippen molar-refractivity contribution in [2.45, 2.75) is 58.2 Å². The lowest BCUT2D eigenvalue weighted by molar-refractivity contribution is 0.0435. The van der Waals surface area contributed by atoms with Crippen LogP contribution in [0.2, 0.25) is 5.15 Å². The highest BCUT2D eigenvalue weighted by atomic mass is 35.5. The first-order valence-electron chi connectivity index (χ1n) is 13.0. The first kappa shape index (κ1) is 25.5. The highest BCUT2D eigenvalue weighted by Gasteiger charge is 2.38. The third kappa shape index (κ3) is 5.17. The summed E-state index contributed by atoms with van der Waals surface area (Å²) in [5.41, 5.74) is 8.01. The fourth-order valence-electron chi connectivity index (χ4n) is 5.68. The van der Waals surface area contributed by atoms with Crippen molar-refractivity contribution in [2.24, 2.45) is 9.98 Å². The van der Waals surface area contributed by atoms with Crippen LogP contribution in [0.4, 0.5) is 11.6 Å². The topological polar surface area (TPSA) is 116 Å². The van der Waals surface area contributed by atoms with Gasteiger partial charge in [0, 0.05) is 50.5 Å². The first-order chi connectivity index (χ1) is 17.9. The highest BCUT2D eigenvalue weighted by molar-refractivity contribution is 6.29. The number of amidine groups is 1. The molecule has 2 fully saturated rings. The molecule has 2 aromatic heterocycles. The van der Waals surface area contributed by atoms with E-state index in [-0.39, 0.29) is 11.7 Å². The Bertz CT molecular complexity index is 1220. The van der Waals surface area contributed by atoms with Crippen molar-refractivity contribution < 1.29 is 4.79 Å². The van der Waals surface area contributed by atoms with Crippen LogP contribution in [0, 0.1) is 6.92 Å². The van der Waals surface area contributed by atoms with Crippen molar-refractivity contribution in [1.29, 1.82) is 0 Å². The van der Waals surface area contributed by atoms with E-state index < -0.39 is 0 Å². The molecule has 0 spiro atoms. The lowest BCUT2D eigenvalue weighted by atomic mass is 9.96. The van der Waals surface area contributed by atoms with E-state index in [2.05, 4.69) is 38.6 Å². The molecule has 3 aliphatic heterocycles. The number of nitrogens with two attached hydrogens (primary N) is 1. The number of aryl methyl sites for hydroxylation is 1. The number of piperazine rings is 1. The molecule has 2 aromatic rings. The van der Waals surface area contributed by atoms with Gasteiger partial charge in [-0.25, -0.2) is 19.9 Å². The first-order valence-corrected chi connectivity index (χ1v) is 13.4. The van der Waals surface area contributed by atoms with Crippen LogP contribution >= 0.6 is 11.6 Å². The number of carbonyl (C=O) groups excluding carboxylic acids is 1. The Balaban J connectivity index is 1.24. The molecule has 1 amide bonds. The lowest BCUT2D eigenvalue weighted by Gasteiger charge is -2.50. The summed E-state index contributed by atoms with van der Waals surface area (Å²) in [4.78, 5) is 42.2. The Labute approximate surface area is 222 Å². The number of halogens is 1. The summed E-state index contributed by atoms with van der Waals surface area (Å²) >= 11 is 5.90. The average molecular weight is 524 g/mol. The van der Waals surface area contributed by atoms with Crippen molar-refractivity contribution in [3.8, 4) is 0 Å². The Morgan fingerprint density at radius 3 is 2.62 bits per heavy atom. The number of carbonyl (C=O) groups is 1. The summed E-state index contributed by atoms with van der Waals surface area (Å²) in [5, 5.41) is 0.293. The molecular weight excluding hydrogens is 490 g/mol. The monoisotopic (exact) mass is 523 g/mol. The number of hydrogen-bond acceptors (Lipinski definition) is 9. The van der Waals surface area contributed by atoms with Gasteiger partial charge < -0.3 is 15.5 Å². The molecule has 37 heavy (non-hydrogen) atoms. The van der Waals surface area contributed by atoms with Crippen LogP contribution in [0.25, 0.3) is 0 Å². The normalized spacial score (nSPS) is 23.0. The zero-order valence-electron chi connectivity index (χ0n) is 21.6. The molecule has 3 aliphatic rings. The van der Waals surface area contributed by atoms with Gasteiger partial charge in [-0.2, -0.15) is 0 Å². The molecule has 0 bridgehead atoms. The number of aromatic nitrogens is 3. The molecule has 0 aliphatic carbocycles. The molecule has 196 valence electrons. The van der Waals surface area contributed by atoms with Gasteiger partial charge in [0.15, 0.2) is 5.84 Å². The van der Waals surface area contributed by atoms with Crippen LogP contribution in [0.3, 0.4) is 0 Å². The van der Waals surface area contributed by atoms with Crippen LogP contribution in [-0.4, -0.2) is 93.6 Å². The molecule has 10 nitrogen and oxygen atoms in total. The van der Waals surface area contributed by atoms with E-state index in [9.17, 15) is 4.79 Å². The van der Waals surface area contributed by atoms with Crippen LogP contribution < -0.4 is 10.6 Å². The summed E-state index contributed by atoms with van der Waals surface area (Å²) in [6.45, 7) is 10.4. The summed E-state index contributed by atoms with van der Waals surface area (Å²) in [6.07, 6.45) is 6.50. The minimum absolute atomic E-state index is 0.0721. The van der Waals surface area contributed by atoms with Gasteiger partial charge in [-0.15, -0.1) is 0 Å². The fraction of sp³-hybridized carbons (Fsp3) is 0.538. The minimum Gasteiger partial charge on any atom is -0.383 e. The molecule has 0 aromatic carbocycles. The van der Waals surface area contributed by atoms with Crippen molar-refractivity contribution in [2.75, 3.05) is 43.4 Å². The Kier molecular flexibility index (Phi) is 7.39. The molecule has 0 radical (unpaired) electrons. The van der Waals surface area contributed by atoms with E-state index in [1.807, 2.05) is 11.8 Å². The number of nitrogens with zero attached hydrogens (tertiary/aromatic N) is 8. The van der Waals surface area contributed by atoms with Crippen LogP contribution in [0.1, 0.15) is 54.9 Å². The molecule has 0 unspecified atom stereocenters. The number of pyridine rings is 1. The summed E-state index contributed by atoms with van der Waals surface area (Å²) in [6, 6.07) is 4.42. The van der Waals surface area contributed by atoms with Crippen molar-refractivity contribution in [3.63, 3.8) is 0 Å². The fourth-order valence-corrected chi connectivity index (χ4v) is 5.83. The standard InChI is InChI=1S/C26H34ClN9O/c1-4-18-15-35(25-17(3)32-21(13-31-25)24-29-9-10-30-24)16(2)14-36(18)19-7-11-34(12-8-19)26(37)20-5-6-22(27)33-23(20)28/h5-6,9,13,16,18-19H,4,7-8,10-12,14-15H2,1-3H3,(H2,28,33)/t16-,18+/m1/s1. The van der Waals surface area contributed by atoms with Gasteiger partial charge in [-0.3, -0.25) is 14.7 Å². The van der Waals surface area contributed by atoms with Gasteiger partial charge in [0.1, 0.15) is 22.5 Å². The number of likely N-dealkylation sites (tertiary alicyclic amines) is 1. The van der Waals surface area contributed by atoms with Crippen LogP contribution in [-0.2, 0) is 0 Å². The SMILES string of the molecule is CC[C@H]1CN(c2ncc(C3=NCC=N3)nc2C)[C@H](C)CN1C1CCN(C(=O)c2ccc(Cl)nc2N)CC1. The third-order valence-electron chi connectivity index (χ3n) is 7.65. The maximum absolute atomic E-state index is 13.0. The maximum atomic E-state index is 13.0. The number of aliphatic imine (C=N–C) groups is 2. The van der Waals surface area contributed by atoms with Crippen molar-refractivity contribution in [1.82, 2.24) is 24.8 Å². The quantitative estimate of drug-likeness (QED) is 0.599. The molecular formula is C26H34ClN9O. The number of anilines is 2. The van der Waals surface area contributed by atoms with E-state index in [0.717, 1.165) is 49.6 Å². The van der Waals surface area contributed by atoms with Gasteiger partial charge in [-0.05, 0) is 45.2 Å². The molecule has 2 saturated heterocycles. The lowest BCUT2D eigenvalue weighted by Crippen LogP contribution is -2.62. The summed E-state index contributed by atoms with van der Waals surface area (Å²) in [7, 11) is 0. The zero-order chi connectivity index (χ0) is 26.1. The van der Waals surface area contributed by atoms with E-state index in [4.69, 9.17) is 27.3 Å². The Morgan fingerprint density at radius 2 is 1.97 bits per heavy atom. The number of piperidine rings is 1. The second-order valence-electron chi connectivity index (χ2n) is 9.99.